The normalized spacial score (nSPS) is 24.1. The minimum Gasteiger partial charge on any atom is -0.368 e. The third-order valence-corrected chi connectivity index (χ3v) is 4.05. The van der Waals surface area contributed by atoms with E-state index in [9.17, 15) is 0 Å². The summed E-state index contributed by atoms with van der Waals surface area (Å²) in [7, 11) is 0. The van der Waals surface area contributed by atoms with E-state index >= 15 is 0 Å². The maximum Gasteiger partial charge on any atom is 0.0953 e. The van der Waals surface area contributed by atoms with Crippen LogP contribution in [0.1, 0.15) is 65.2 Å². The van der Waals surface area contributed by atoms with Crippen molar-refractivity contribution in [1.29, 1.82) is 0 Å². The summed E-state index contributed by atoms with van der Waals surface area (Å²) in [6.45, 7) is 15.5. The molecule has 0 spiro atoms. The van der Waals surface area contributed by atoms with Gasteiger partial charge >= 0.3 is 0 Å². The van der Waals surface area contributed by atoms with Gasteiger partial charge in [-0.3, -0.25) is 0 Å². The second-order valence-corrected chi connectivity index (χ2v) is 8.54. The van der Waals surface area contributed by atoms with E-state index in [1.165, 1.54) is 11.1 Å². The van der Waals surface area contributed by atoms with Crippen molar-refractivity contribution >= 4 is 0 Å². The van der Waals surface area contributed by atoms with Gasteiger partial charge in [0.15, 0.2) is 0 Å². The lowest BCUT2D eigenvalue weighted by atomic mass is 9.86. The predicted octanol–water partition coefficient (Wildman–Crippen LogP) is 4.45. The third kappa shape index (κ3) is 4.82. The van der Waals surface area contributed by atoms with Crippen molar-refractivity contribution in [3.8, 4) is 0 Å². The summed E-state index contributed by atoms with van der Waals surface area (Å²) in [5.74, 6) is 0. The Kier molecular flexibility index (Phi) is 4.79. The van der Waals surface area contributed by atoms with Crippen molar-refractivity contribution in [2.45, 2.75) is 65.6 Å². The van der Waals surface area contributed by atoms with Crippen LogP contribution < -0.4 is 5.32 Å². The quantitative estimate of drug-likeness (QED) is 0.868. The first kappa shape index (κ1) is 16.5. The Morgan fingerprint density at radius 3 is 2.14 bits per heavy atom. The number of morpholine rings is 1. The fraction of sp³-hybridized carbons (Fsp3) is 0.684. The van der Waals surface area contributed by atoms with Crippen LogP contribution in [0.25, 0.3) is 0 Å². The highest BCUT2D eigenvalue weighted by Crippen LogP contribution is 2.30. The van der Waals surface area contributed by atoms with Gasteiger partial charge in [-0.2, -0.15) is 0 Å². The highest BCUT2D eigenvalue weighted by Gasteiger charge is 2.27. The van der Waals surface area contributed by atoms with E-state index in [4.69, 9.17) is 4.74 Å². The van der Waals surface area contributed by atoms with Crippen LogP contribution in [0, 0.1) is 5.41 Å². The van der Waals surface area contributed by atoms with Crippen molar-refractivity contribution in [2.75, 3.05) is 13.1 Å². The van der Waals surface area contributed by atoms with Crippen LogP contribution in [0.4, 0.5) is 0 Å². The highest BCUT2D eigenvalue weighted by atomic mass is 16.5. The summed E-state index contributed by atoms with van der Waals surface area (Å²) >= 11 is 0. The van der Waals surface area contributed by atoms with Crippen LogP contribution in [0.3, 0.4) is 0 Å². The molecule has 2 heteroatoms. The van der Waals surface area contributed by atoms with Crippen molar-refractivity contribution in [2.24, 2.45) is 5.41 Å². The van der Waals surface area contributed by atoms with Gasteiger partial charge in [0.1, 0.15) is 0 Å². The van der Waals surface area contributed by atoms with Gasteiger partial charge < -0.3 is 10.1 Å². The fourth-order valence-corrected chi connectivity index (χ4v) is 2.90. The molecule has 0 aliphatic carbocycles. The molecule has 0 radical (unpaired) electrons. The maximum absolute atomic E-state index is 6.31. The zero-order valence-corrected chi connectivity index (χ0v) is 14.5. The molecule has 1 heterocycles. The number of hydrogen-bond acceptors (Lipinski definition) is 2. The second-order valence-electron chi connectivity index (χ2n) is 8.54. The van der Waals surface area contributed by atoms with Crippen molar-refractivity contribution < 1.29 is 4.74 Å². The number of hydrogen-bond donors (Lipinski definition) is 1. The zero-order valence-electron chi connectivity index (χ0n) is 14.5. The Labute approximate surface area is 130 Å². The molecule has 0 amide bonds. The largest absolute Gasteiger partial charge is 0.368 e. The van der Waals surface area contributed by atoms with Gasteiger partial charge in [0.25, 0.3) is 0 Å². The zero-order chi connectivity index (χ0) is 15.7. The van der Waals surface area contributed by atoms with E-state index in [1.807, 2.05) is 0 Å². The second kappa shape index (κ2) is 6.10. The van der Waals surface area contributed by atoms with Gasteiger partial charge in [-0.25, -0.2) is 0 Å². The Balaban J connectivity index is 2.04. The van der Waals surface area contributed by atoms with E-state index in [0.29, 0.717) is 11.5 Å². The first-order valence-corrected chi connectivity index (χ1v) is 8.12. The summed E-state index contributed by atoms with van der Waals surface area (Å²) in [5, 5.41) is 3.53. The minimum absolute atomic E-state index is 0.181. The van der Waals surface area contributed by atoms with Crippen molar-refractivity contribution in [3.05, 3.63) is 35.4 Å². The van der Waals surface area contributed by atoms with Crippen molar-refractivity contribution in [1.82, 2.24) is 5.32 Å². The summed E-state index contributed by atoms with van der Waals surface area (Å²) in [4.78, 5) is 0. The average Bonchev–Trinajstić information content (AvgIpc) is 2.36. The fourth-order valence-electron chi connectivity index (χ4n) is 2.90. The topological polar surface area (TPSA) is 21.3 Å². The molecule has 0 bridgehead atoms. The molecule has 1 N–H and O–H groups in total. The van der Waals surface area contributed by atoms with E-state index in [-0.39, 0.29) is 11.5 Å². The molecule has 0 saturated carbocycles. The van der Waals surface area contributed by atoms with Crippen LogP contribution in [0.5, 0.6) is 0 Å². The summed E-state index contributed by atoms with van der Waals surface area (Å²) in [6.07, 6.45) is 1.59. The molecule has 1 aromatic rings. The first-order valence-electron chi connectivity index (χ1n) is 8.12. The molecule has 118 valence electrons. The SMILES string of the molecule is CC(C)(C)CC1CNCC(c2ccc(C(C)(C)C)cc2)O1. The van der Waals surface area contributed by atoms with E-state index < -0.39 is 0 Å². The first-order chi connectivity index (χ1) is 9.65. The number of nitrogens with one attached hydrogen (secondary N) is 1. The molecule has 0 aromatic heterocycles. The predicted molar refractivity (Wildman–Crippen MR) is 89.7 cm³/mol. The number of benzene rings is 1. The van der Waals surface area contributed by atoms with Crippen LogP contribution in [0.15, 0.2) is 24.3 Å². The molecule has 2 unspecified atom stereocenters. The van der Waals surface area contributed by atoms with Gasteiger partial charge in [-0.15, -0.1) is 0 Å². The molecule has 1 aromatic carbocycles. The van der Waals surface area contributed by atoms with Gasteiger partial charge in [-0.05, 0) is 28.4 Å². The Morgan fingerprint density at radius 1 is 1.00 bits per heavy atom. The standard InChI is InChI=1S/C19H31NO/c1-18(2,3)11-16-12-20-13-17(21-16)14-7-9-15(10-8-14)19(4,5)6/h7-10,16-17,20H,11-13H2,1-6H3. The monoisotopic (exact) mass is 289 g/mol. The summed E-state index contributed by atoms with van der Waals surface area (Å²) < 4.78 is 6.31. The lowest BCUT2D eigenvalue weighted by molar-refractivity contribution is -0.0552. The molecule has 2 atom stereocenters. The molecule has 1 aliphatic rings. The van der Waals surface area contributed by atoms with Crippen LogP contribution in [-0.4, -0.2) is 19.2 Å². The van der Waals surface area contributed by atoms with Gasteiger partial charge in [-0.1, -0.05) is 65.8 Å². The molecule has 1 fully saturated rings. The van der Waals surface area contributed by atoms with Gasteiger partial charge in [0.2, 0.25) is 0 Å². The van der Waals surface area contributed by atoms with E-state index in [2.05, 4.69) is 71.1 Å². The lowest BCUT2D eigenvalue weighted by Crippen LogP contribution is -2.42. The molecule has 21 heavy (non-hydrogen) atoms. The average molecular weight is 289 g/mol. The molecule has 2 rings (SSSR count). The minimum atomic E-state index is 0.181. The summed E-state index contributed by atoms with van der Waals surface area (Å²) in [6, 6.07) is 8.94. The number of ether oxygens (including phenoxy) is 1. The van der Waals surface area contributed by atoms with Crippen LogP contribution in [-0.2, 0) is 10.2 Å². The molecule has 2 nitrogen and oxygen atoms in total. The lowest BCUT2D eigenvalue weighted by Gasteiger charge is -2.35. The maximum atomic E-state index is 6.31. The Bertz CT molecular complexity index is 450. The highest BCUT2D eigenvalue weighted by molar-refractivity contribution is 5.29. The van der Waals surface area contributed by atoms with E-state index in [1.54, 1.807) is 0 Å². The van der Waals surface area contributed by atoms with E-state index in [0.717, 1.165) is 19.5 Å². The van der Waals surface area contributed by atoms with Crippen molar-refractivity contribution in [3.63, 3.8) is 0 Å². The van der Waals surface area contributed by atoms with Gasteiger partial charge in [0, 0.05) is 13.1 Å². The van der Waals surface area contributed by atoms with Crippen LogP contribution >= 0.6 is 0 Å². The third-order valence-electron chi connectivity index (χ3n) is 4.05. The number of rotatable bonds is 2. The molecular weight excluding hydrogens is 258 g/mol. The smallest absolute Gasteiger partial charge is 0.0953 e. The van der Waals surface area contributed by atoms with Gasteiger partial charge in [0.05, 0.1) is 12.2 Å². The molecule has 1 aliphatic heterocycles. The Hall–Kier alpha value is -0.860. The Morgan fingerprint density at radius 2 is 1.62 bits per heavy atom. The molecular formula is C19H31NO. The van der Waals surface area contributed by atoms with Crippen LogP contribution in [0.2, 0.25) is 0 Å². The molecule has 1 saturated heterocycles. The summed E-state index contributed by atoms with van der Waals surface area (Å²) in [5.41, 5.74) is 3.18.